The van der Waals surface area contributed by atoms with Crippen molar-refractivity contribution in [3.63, 3.8) is 0 Å². The Bertz CT molecular complexity index is 151. The predicted octanol–water partition coefficient (Wildman–Crippen LogP) is 1.15. The van der Waals surface area contributed by atoms with Crippen LogP contribution >= 0.6 is 11.8 Å². The molecule has 2 heterocycles. The molecule has 0 spiro atoms. The highest BCUT2D eigenvalue weighted by Crippen LogP contribution is 2.35. The highest BCUT2D eigenvalue weighted by molar-refractivity contribution is 7.99. The van der Waals surface area contributed by atoms with Crippen molar-refractivity contribution in [3.8, 4) is 0 Å². The van der Waals surface area contributed by atoms with E-state index in [1.807, 2.05) is 11.8 Å². The van der Waals surface area contributed by atoms with Gasteiger partial charge in [0.2, 0.25) is 0 Å². The van der Waals surface area contributed by atoms with Gasteiger partial charge in [0.15, 0.2) is 0 Å². The highest BCUT2D eigenvalue weighted by Gasteiger charge is 2.45. The Morgan fingerprint density at radius 1 is 1.18 bits per heavy atom. The third-order valence-corrected chi connectivity index (χ3v) is 3.57. The number of thioether (sulfide) groups is 1. The Labute approximate surface area is 71.6 Å². The van der Waals surface area contributed by atoms with Crippen LogP contribution in [0.4, 0.5) is 0 Å². The van der Waals surface area contributed by atoms with Gasteiger partial charge in [0.25, 0.3) is 0 Å². The minimum Gasteiger partial charge on any atom is -0.374 e. The third-order valence-electron chi connectivity index (χ3n) is 2.56. The molecule has 0 aromatic rings. The summed E-state index contributed by atoms with van der Waals surface area (Å²) in [6, 6.07) is 0. The lowest BCUT2D eigenvalue weighted by atomic mass is 10.0. The summed E-state index contributed by atoms with van der Waals surface area (Å²) in [6.07, 6.45) is 2.88. The van der Waals surface area contributed by atoms with Crippen LogP contribution in [0.3, 0.4) is 0 Å². The van der Waals surface area contributed by atoms with Gasteiger partial charge in [-0.2, -0.15) is 11.8 Å². The van der Waals surface area contributed by atoms with E-state index in [1.54, 1.807) is 0 Å². The highest BCUT2D eigenvalue weighted by atomic mass is 32.2. The van der Waals surface area contributed by atoms with E-state index in [0.29, 0.717) is 23.4 Å². The Morgan fingerprint density at radius 2 is 1.91 bits per heavy atom. The van der Waals surface area contributed by atoms with Gasteiger partial charge >= 0.3 is 0 Å². The first-order valence-corrected chi connectivity index (χ1v) is 5.37. The van der Waals surface area contributed by atoms with Crippen LogP contribution in [0.25, 0.3) is 0 Å². The fraction of sp³-hybridized carbons (Fsp3) is 1.00. The molecule has 3 heteroatoms. The molecule has 2 nitrogen and oxygen atoms in total. The average Bonchev–Trinajstić information content (AvgIpc) is 2.53. The molecule has 2 rings (SSSR count). The fourth-order valence-electron chi connectivity index (χ4n) is 1.86. The van der Waals surface area contributed by atoms with Gasteiger partial charge < -0.3 is 9.47 Å². The quantitative estimate of drug-likeness (QED) is 0.594. The topological polar surface area (TPSA) is 18.5 Å². The monoisotopic (exact) mass is 174 g/mol. The van der Waals surface area contributed by atoms with Gasteiger partial charge in [0, 0.05) is 5.92 Å². The summed E-state index contributed by atoms with van der Waals surface area (Å²) >= 11 is 1.86. The minimum absolute atomic E-state index is 0.375. The van der Waals surface area contributed by atoms with Crippen LogP contribution in [0.1, 0.15) is 6.92 Å². The Balaban J connectivity index is 2.04. The van der Waals surface area contributed by atoms with Crippen LogP contribution in [0.5, 0.6) is 0 Å². The molecule has 0 bridgehead atoms. The maximum atomic E-state index is 5.65. The normalized spacial score (nSPS) is 49.6. The fourth-order valence-corrected chi connectivity index (χ4v) is 2.57. The van der Waals surface area contributed by atoms with Crippen molar-refractivity contribution in [1.82, 2.24) is 0 Å². The van der Waals surface area contributed by atoms with Crippen LogP contribution in [0.15, 0.2) is 0 Å². The maximum Gasteiger partial charge on any atom is 0.0980 e. The first kappa shape index (κ1) is 7.90. The molecule has 0 aromatic heterocycles. The van der Waals surface area contributed by atoms with Crippen molar-refractivity contribution in [1.29, 1.82) is 0 Å². The van der Waals surface area contributed by atoms with Gasteiger partial charge in [-0.05, 0) is 6.26 Å². The zero-order chi connectivity index (χ0) is 7.84. The van der Waals surface area contributed by atoms with Crippen molar-refractivity contribution in [3.05, 3.63) is 0 Å². The zero-order valence-electron chi connectivity index (χ0n) is 6.95. The third kappa shape index (κ3) is 1.19. The number of rotatable bonds is 1. The molecule has 11 heavy (non-hydrogen) atoms. The van der Waals surface area contributed by atoms with E-state index in [-0.39, 0.29) is 0 Å². The van der Waals surface area contributed by atoms with Crippen molar-refractivity contribution >= 4 is 11.8 Å². The largest absolute Gasteiger partial charge is 0.374 e. The summed E-state index contributed by atoms with van der Waals surface area (Å²) in [5.74, 6) is 0.595. The second-order valence-corrected chi connectivity index (χ2v) is 4.42. The van der Waals surface area contributed by atoms with Crippen molar-refractivity contribution in [2.45, 2.75) is 24.4 Å². The first-order valence-electron chi connectivity index (χ1n) is 4.09. The summed E-state index contributed by atoms with van der Waals surface area (Å²) in [6.45, 7) is 3.96. The molecule has 0 unspecified atom stereocenters. The predicted molar refractivity (Wildman–Crippen MR) is 45.9 cm³/mol. The lowest BCUT2D eigenvalue weighted by Gasteiger charge is -2.12. The molecule has 2 saturated heterocycles. The van der Waals surface area contributed by atoms with E-state index in [9.17, 15) is 0 Å². The lowest BCUT2D eigenvalue weighted by molar-refractivity contribution is 0.0660. The molecule has 64 valence electrons. The summed E-state index contributed by atoms with van der Waals surface area (Å²) < 4.78 is 11.3. The van der Waals surface area contributed by atoms with Gasteiger partial charge in [-0.25, -0.2) is 0 Å². The Morgan fingerprint density at radius 3 is 2.64 bits per heavy atom. The molecule has 0 radical (unpaired) electrons. The SMILES string of the molecule is CS[C@H]1CO[C@H]2[C@@H]1OC[C@H]2C. The number of ether oxygens (including phenoxy) is 2. The van der Waals surface area contributed by atoms with E-state index in [0.717, 1.165) is 13.2 Å². The molecular formula is C8H14O2S. The number of hydrogen-bond acceptors (Lipinski definition) is 3. The first-order chi connectivity index (χ1) is 5.33. The molecule has 0 N–H and O–H groups in total. The maximum absolute atomic E-state index is 5.65. The van der Waals surface area contributed by atoms with E-state index in [4.69, 9.17) is 9.47 Å². The minimum atomic E-state index is 0.375. The standard InChI is InChI=1S/C8H14O2S/c1-5-3-9-8-6(11-2)4-10-7(5)8/h5-8H,3-4H2,1-2H3/t5-,6+,7-,8-/m1/s1. The van der Waals surface area contributed by atoms with Gasteiger partial charge in [-0.1, -0.05) is 6.92 Å². The molecule has 2 fully saturated rings. The van der Waals surface area contributed by atoms with E-state index >= 15 is 0 Å². The number of fused-ring (bicyclic) bond motifs is 1. The molecule has 0 aliphatic carbocycles. The summed E-state index contributed by atoms with van der Waals surface area (Å²) in [5.41, 5.74) is 0. The van der Waals surface area contributed by atoms with E-state index in [1.165, 1.54) is 0 Å². The smallest absolute Gasteiger partial charge is 0.0980 e. The summed E-state index contributed by atoms with van der Waals surface area (Å²) in [7, 11) is 0. The molecule has 2 aliphatic heterocycles. The molecule has 2 aliphatic rings. The average molecular weight is 174 g/mol. The summed E-state index contributed by atoms with van der Waals surface area (Å²) in [5, 5.41) is 0.574. The zero-order valence-corrected chi connectivity index (χ0v) is 7.76. The van der Waals surface area contributed by atoms with Crippen LogP contribution in [0, 0.1) is 5.92 Å². The Hall–Kier alpha value is 0.270. The van der Waals surface area contributed by atoms with Crippen molar-refractivity contribution in [2.24, 2.45) is 5.92 Å². The van der Waals surface area contributed by atoms with Crippen molar-refractivity contribution < 1.29 is 9.47 Å². The molecule has 0 aromatic carbocycles. The number of hydrogen-bond donors (Lipinski definition) is 0. The summed E-state index contributed by atoms with van der Waals surface area (Å²) in [4.78, 5) is 0. The second kappa shape index (κ2) is 2.96. The lowest BCUT2D eigenvalue weighted by Crippen LogP contribution is -2.26. The van der Waals surface area contributed by atoms with Crippen molar-refractivity contribution in [2.75, 3.05) is 19.5 Å². The second-order valence-electron chi connectivity index (χ2n) is 3.35. The van der Waals surface area contributed by atoms with Gasteiger partial charge in [0.1, 0.15) is 0 Å². The van der Waals surface area contributed by atoms with Gasteiger partial charge in [0.05, 0.1) is 30.7 Å². The molecular weight excluding hydrogens is 160 g/mol. The van der Waals surface area contributed by atoms with Gasteiger partial charge in [-0.15, -0.1) is 0 Å². The van der Waals surface area contributed by atoms with E-state index < -0.39 is 0 Å². The van der Waals surface area contributed by atoms with Crippen LogP contribution in [0.2, 0.25) is 0 Å². The molecule has 4 atom stereocenters. The van der Waals surface area contributed by atoms with Crippen LogP contribution in [-0.2, 0) is 9.47 Å². The van der Waals surface area contributed by atoms with Crippen LogP contribution < -0.4 is 0 Å². The molecule has 0 saturated carbocycles. The molecule has 0 amide bonds. The Kier molecular flexibility index (Phi) is 2.12. The van der Waals surface area contributed by atoms with Gasteiger partial charge in [-0.3, -0.25) is 0 Å². The van der Waals surface area contributed by atoms with E-state index in [2.05, 4.69) is 13.2 Å². The van der Waals surface area contributed by atoms with Crippen LogP contribution in [-0.4, -0.2) is 36.9 Å².